The summed E-state index contributed by atoms with van der Waals surface area (Å²) < 4.78 is 16.0. The average Bonchev–Trinajstić information content (AvgIpc) is 2.67. The van der Waals surface area contributed by atoms with E-state index in [0.717, 1.165) is 5.39 Å². The van der Waals surface area contributed by atoms with E-state index >= 15 is 0 Å². The van der Waals surface area contributed by atoms with Crippen molar-refractivity contribution in [1.29, 1.82) is 0 Å². The van der Waals surface area contributed by atoms with Crippen molar-refractivity contribution in [3.63, 3.8) is 0 Å². The lowest BCUT2D eigenvalue weighted by Crippen LogP contribution is -2.46. The van der Waals surface area contributed by atoms with Crippen molar-refractivity contribution >= 4 is 28.6 Å². The van der Waals surface area contributed by atoms with Gasteiger partial charge in [-0.25, -0.2) is 9.59 Å². The summed E-state index contributed by atoms with van der Waals surface area (Å²) in [5, 5.41) is 4.16. The monoisotopic (exact) mass is 415 g/mol. The summed E-state index contributed by atoms with van der Waals surface area (Å²) in [6.45, 7) is 8.56. The Kier molecular flexibility index (Phi) is 7.43. The molecule has 1 atom stereocenters. The van der Waals surface area contributed by atoms with Gasteiger partial charge in [0.05, 0.1) is 7.11 Å². The Morgan fingerprint density at radius 2 is 1.70 bits per heavy atom. The lowest BCUT2D eigenvalue weighted by molar-refractivity contribution is -0.146. The van der Waals surface area contributed by atoms with Gasteiger partial charge >= 0.3 is 11.9 Å². The molecule has 0 unspecified atom stereocenters. The molecule has 1 amide bonds. The van der Waals surface area contributed by atoms with E-state index in [2.05, 4.69) is 5.32 Å². The van der Waals surface area contributed by atoms with Gasteiger partial charge in [-0.05, 0) is 38.1 Å². The highest BCUT2D eigenvalue weighted by atomic mass is 16.6. The van der Waals surface area contributed by atoms with Crippen LogP contribution in [0, 0.1) is 5.92 Å². The van der Waals surface area contributed by atoms with Gasteiger partial charge in [-0.3, -0.25) is 4.79 Å². The maximum absolute atomic E-state index is 12.7. The van der Waals surface area contributed by atoms with Crippen LogP contribution in [0.2, 0.25) is 0 Å². The zero-order valence-electron chi connectivity index (χ0n) is 18.3. The van der Waals surface area contributed by atoms with Crippen molar-refractivity contribution in [2.75, 3.05) is 13.7 Å². The quantitative estimate of drug-likeness (QED) is 0.696. The van der Waals surface area contributed by atoms with E-state index in [4.69, 9.17) is 14.2 Å². The molecule has 0 spiro atoms. The van der Waals surface area contributed by atoms with Gasteiger partial charge in [-0.1, -0.05) is 44.2 Å². The Labute approximate surface area is 176 Å². The summed E-state index contributed by atoms with van der Waals surface area (Å²) in [7, 11) is 1.27. The van der Waals surface area contributed by atoms with Crippen molar-refractivity contribution in [3.8, 4) is 5.75 Å². The maximum atomic E-state index is 12.7. The van der Waals surface area contributed by atoms with Crippen molar-refractivity contribution in [2.24, 2.45) is 5.92 Å². The Bertz CT molecular complexity index is 929. The van der Waals surface area contributed by atoms with Crippen molar-refractivity contribution in [3.05, 3.63) is 42.0 Å². The number of hydrogen-bond donors (Lipinski definition) is 1. The van der Waals surface area contributed by atoms with Crippen LogP contribution in [0.15, 0.2) is 36.4 Å². The molecule has 7 heteroatoms. The van der Waals surface area contributed by atoms with Gasteiger partial charge in [0.25, 0.3) is 5.91 Å². The summed E-state index contributed by atoms with van der Waals surface area (Å²) in [4.78, 5) is 37.0. The zero-order chi connectivity index (χ0) is 22.5. The molecule has 0 bridgehead atoms. The first kappa shape index (κ1) is 23.2. The predicted octanol–water partition coefficient (Wildman–Crippen LogP) is 3.49. The van der Waals surface area contributed by atoms with Gasteiger partial charge in [0.2, 0.25) is 0 Å². The molecule has 0 aliphatic rings. The number of carbonyl (C=O) groups is 3. The van der Waals surface area contributed by atoms with E-state index in [1.54, 1.807) is 46.8 Å². The van der Waals surface area contributed by atoms with Crippen LogP contribution in [-0.4, -0.2) is 43.2 Å². The second-order valence-corrected chi connectivity index (χ2v) is 8.27. The minimum absolute atomic E-state index is 0.156. The molecule has 0 aliphatic heterocycles. The maximum Gasteiger partial charge on any atom is 0.342 e. The van der Waals surface area contributed by atoms with Gasteiger partial charge in [-0.15, -0.1) is 0 Å². The molecule has 0 aliphatic carbocycles. The van der Waals surface area contributed by atoms with Gasteiger partial charge < -0.3 is 19.5 Å². The zero-order valence-corrected chi connectivity index (χ0v) is 18.3. The topological polar surface area (TPSA) is 90.9 Å². The van der Waals surface area contributed by atoms with E-state index in [1.807, 2.05) is 24.3 Å². The number of nitrogens with one attached hydrogen (secondary N) is 1. The Hall–Kier alpha value is -3.09. The standard InChI is InChI=1S/C23H29NO6/c1-14(2)19(22(27)28-6)24-18(25)13-29-20-16-10-8-7-9-15(16)11-12-17(20)21(26)30-23(3,4)5/h7-12,14,19H,13H2,1-6H3,(H,24,25)/t19-/m0/s1. The minimum Gasteiger partial charge on any atom is -0.482 e. The molecule has 1 N–H and O–H groups in total. The largest absolute Gasteiger partial charge is 0.482 e. The molecule has 0 saturated heterocycles. The Balaban J connectivity index is 2.29. The first-order valence-electron chi connectivity index (χ1n) is 9.78. The molecule has 0 saturated carbocycles. The Morgan fingerprint density at radius 3 is 2.30 bits per heavy atom. The predicted molar refractivity (Wildman–Crippen MR) is 113 cm³/mol. The average molecular weight is 415 g/mol. The third-order valence-corrected chi connectivity index (χ3v) is 4.28. The number of hydrogen-bond acceptors (Lipinski definition) is 6. The number of rotatable bonds is 7. The van der Waals surface area contributed by atoms with Crippen LogP contribution in [0.1, 0.15) is 45.0 Å². The molecule has 0 radical (unpaired) electrons. The van der Waals surface area contributed by atoms with E-state index in [0.29, 0.717) is 5.39 Å². The first-order chi connectivity index (χ1) is 14.0. The molecule has 0 heterocycles. The third-order valence-electron chi connectivity index (χ3n) is 4.28. The summed E-state index contributed by atoms with van der Waals surface area (Å²) in [5.41, 5.74) is -0.452. The summed E-state index contributed by atoms with van der Waals surface area (Å²) in [6.07, 6.45) is 0. The minimum atomic E-state index is -0.788. The molecule has 2 rings (SSSR count). The number of ether oxygens (including phenoxy) is 3. The summed E-state index contributed by atoms with van der Waals surface area (Å²) >= 11 is 0. The molecule has 30 heavy (non-hydrogen) atoms. The van der Waals surface area contributed by atoms with Crippen molar-refractivity contribution in [1.82, 2.24) is 5.32 Å². The fourth-order valence-electron chi connectivity index (χ4n) is 2.87. The van der Waals surface area contributed by atoms with Gasteiger partial charge in [-0.2, -0.15) is 0 Å². The van der Waals surface area contributed by atoms with E-state index < -0.39 is 29.5 Å². The lowest BCUT2D eigenvalue weighted by Gasteiger charge is -2.22. The fourth-order valence-corrected chi connectivity index (χ4v) is 2.87. The van der Waals surface area contributed by atoms with Gasteiger partial charge in [0, 0.05) is 5.39 Å². The molecule has 7 nitrogen and oxygen atoms in total. The molecular weight excluding hydrogens is 386 g/mol. The van der Waals surface area contributed by atoms with Crippen LogP contribution < -0.4 is 10.1 Å². The fraction of sp³-hybridized carbons (Fsp3) is 0.435. The van der Waals surface area contributed by atoms with Gasteiger partial charge in [0.15, 0.2) is 6.61 Å². The molecule has 162 valence electrons. The lowest BCUT2D eigenvalue weighted by atomic mass is 10.0. The first-order valence-corrected chi connectivity index (χ1v) is 9.78. The Morgan fingerprint density at radius 1 is 1.03 bits per heavy atom. The van der Waals surface area contributed by atoms with Crippen LogP contribution >= 0.6 is 0 Å². The second-order valence-electron chi connectivity index (χ2n) is 8.27. The highest BCUT2D eigenvalue weighted by molar-refractivity contribution is 6.01. The number of benzene rings is 2. The van der Waals surface area contributed by atoms with Crippen molar-refractivity contribution < 1.29 is 28.6 Å². The highest BCUT2D eigenvalue weighted by Crippen LogP contribution is 2.31. The van der Waals surface area contributed by atoms with Crippen LogP contribution in [0.5, 0.6) is 5.75 Å². The molecule has 0 aromatic heterocycles. The second kappa shape index (κ2) is 9.61. The summed E-state index contributed by atoms with van der Waals surface area (Å²) in [5.74, 6) is -1.47. The molecule has 2 aromatic rings. The molecule has 0 fully saturated rings. The van der Waals surface area contributed by atoms with E-state index in [-0.39, 0.29) is 23.8 Å². The molecular formula is C23H29NO6. The van der Waals surface area contributed by atoms with Gasteiger partial charge in [0.1, 0.15) is 23.0 Å². The number of methoxy groups -OCH3 is 1. The van der Waals surface area contributed by atoms with Crippen LogP contribution in [0.25, 0.3) is 10.8 Å². The number of amides is 1. The van der Waals surface area contributed by atoms with E-state index in [1.165, 1.54) is 7.11 Å². The number of esters is 2. The molecule has 2 aromatic carbocycles. The SMILES string of the molecule is COC(=O)[C@@H](NC(=O)COc1c(C(=O)OC(C)(C)C)ccc2ccccc12)C(C)C. The smallest absolute Gasteiger partial charge is 0.342 e. The van der Waals surface area contributed by atoms with Crippen LogP contribution in [-0.2, 0) is 19.1 Å². The van der Waals surface area contributed by atoms with Crippen LogP contribution in [0.4, 0.5) is 0 Å². The third kappa shape index (κ3) is 5.95. The summed E-state index contributed by atoms with van der Waals surface area (Å²) in [6, 6.07) is 10.0. The number of fused-ring (bicyclic) bond motifs is 1. The van der Waals surface area contributed by atoms with Crippen LogP contribution in [0.3, 0.4) is 0 Å². The van der Waals surface area contributed by atoms with E-state index in [9.17, 15) is 14.4 Å². The normalized spacial score (nSPS) is 12.4. The highest BCUT2D eigenvalue weighted by Gasteiger charge is 2.26. The number of carbonyl (C=O) groups excluding carboxylic acids is 3. The van der Waals surface area contributed by atoms with Crippen molar-refractivity contribution in [2.45, 2.75) is 46.3 Å².